The molecule has 2 rings (SSSR count). The summed E-state index contributed by atoms with van der Waals surface area (Å²) in [5.74, 6) is 0.211. The maximum Gasteiger partial charge on any atom is 0.222 e. The highest BCUT2D eigenvalue weighted by atomic mass is 79.9. The quantitative estimate of drug-likeness (QED) is 0.867. The van der Waals surface area contributed by atoms with E-state index in [1.807, 2.05) is 18.2 Å². The zero-order chi connectivity index (χ0) is 13.8. The maximum absolute atomic E-state index is 11.6. The summed E-state index contributed by atoms with van der Waals surface area (Å²) in [5, 5.41) is 2.70. The van der Waals surface area contributed by atoms with Gasteiger partial charge in [-0.2, -0.15) is 0 Å². The molecule has 0 atom stereocenters. The van der Waals surface area contributed by atoms with Crippen molar-refractivity contribution in [2.75, 3.05) is 25.0 Å². The smallest absolute Gasteiger partial charge is 0.222 e. The molecule has 1 heterocycles. The van der Waals surface area contributed by atoms with Crippen molar-refractivity contribution in [3.05, 3.63) is 28.2 Å². The van der Waals surface area contributed by atoms with Crippen LogP contribution < -0.4 is 10.2 Å². The lowest BCUT2D eigenvalue weighted by Crippen LogP contribution is -2.39. The van der Waals surface area contributed by atoms with E-state index in [-0.39, 0.29) is 11.8 Å². The van der Waals surface area contributed by atoms with Crippen molar-refractivity contribution >= 4 is 33.8 Å². The van der Waals surface area contributed by atoms with Gasteiger partial charge in [0.05, 0.1) is 0 Å². The molecular formula is C14H17BrN2O2. The molecule has 1 saturated heterocycles. The molecule has 0 unspecified atom stereocenters. The van der Waals surface area contributed by atoms with Gasteiger partial charge in [0.25, 0.3) is 0 Å². The average molecular weight is 325 g/mol. The minimum atomic E-state index is 0.0939. The van der Waals surface area contributed by atoms with E-state index in [4.69, 9.17) is 0 Å². The molecule has 0 saturated carbocycles. The number of rotatable bonds is 3. The second-order valence-electron chi connectivity index (χ2n) is 4.70. The summed E-state index contributed by atoms with van der Waals surface area (Å²) in [6, 6.07) is 5.72. The Morgan fingerprint density at radius 3 is 2.68 bits per heavy atom. The Morgan fingerprint density at radius 2 is 2.11 bits per heavy atom. The highest BCUT2D eigenvalue weighted by Crippen LogP contribution is 2.27. The van der Waals surface area contributed by atoms with E-state index in [1.165, 1.54) is 0 Å². The summed E-state index contributed by atoms with van der Waals surface area (Å²) < 4.78 is 0.901. The van der Waals surface area contributed by atoms with Crippen molar-refractivity contribution in [2.45, 2.75) is 12.8 Å². The predicted molar refractivity (Wildman–Crippen MR) is 78.5 cm³/mol. The topological polar surface area (TPSA) is 49.4 Å². The molecule has 5 heteroatoms. The Labute approximate surface area is 121 Å². The van der Waals surface area contributed by atoms with E-state index in [0.717, 1.165) is 42.4 Å². The van der Waals surface area contributed by atoms with Crippen LogP contribution in [0.1, 0.15) is 23.2 Å². The second kappa shape index (κ2) is 6.19. The van der Waals surface area contributed by atoms with E-state index in [9.17, 15) is 9.59 Å². The molecule has 0 spiro atoms. The van der Waals surface area contributed by atoms with Crippen LogP contribution in [0.4, 0.5) is 5.69 Å². The van der Waals surface area contributed by atoms with E-state index in [0.29, 0.717) is 5.56 Å². The molecule has 1 aliphatic heterocycles. The summed E-state index contributed by atoms with van der Waals surface area (Å²) in [6.45, 7) is 1.61. The van der Waals surface area contributed by atoms with Gasteiger partial charge in [0.1, 0.15) is 0 Å². The van der Waals surface area contributed by atoms with Gasteiger partial charge in [-0.05, 0) is 31.0 Å². The highest BCUT2D eigenvalue weighted by Gasteiger charge is 2.25. The number of carbonyl (C=O) groups excluding carboxylic acids is 2. The Balaban J connectivity index is 2.09. The third-order valence-electron chi connectivity index (χ3n) is 3.57. The van der Waals surface area contributed by atoms with E-state index < -0.39 is 0 Å². The molecule has 1 aliphatic rings. The van der Waals surface area contributed by atoms with Crippen molar-refractivity contribution in [3.8, 4) is 0 Å². The van der Waals surface area contributed by atoms with Gasteiger partial charge in [-0.3, -0.25) is 9.59 Å². The number of benzene rings is 1. The summed E-state index contributed by atoms with van der Waals surface area (Å²) in [7, 11) is 1.67. The lowest BCUT2D eigenvalue weighted by molar-refractivity contribution is -0.125. The predicted octanol–water partition coefficient (Wildman–Crippen LogP) is 2.22. The van der Waals surface area contributed by atoms with Gasteiger partial charge in [0.2, 0.25) is 5.91 Å². The standard InChI is InChI=1S/C14H17BrN2O2/c1-16-14(19)10-4-6-17(7-5-10)13-3-2-12(15)8-11(13)9-18/h2-3,8-10H,4-7H2,1H3,(H,16,19). The number of piperidine rings is 1. The fourth-order valence-corrected chi connectivity index (χ4v) is 2.87. The van der Waals surface area contributed by atoms with Gasteiger partial charge in [-0.25, -0.2) is 0 Å². The van der Waals surface area contributed by atoms with Gasteiger partial charge in [0.15, 0.2) is 6.29 Å². The van der Waals surface area contributed by atoms with Crippen LogP contribution in [0.3, 0.4) is 0 Å². The SMILES string of the molecule is CNC(=O)C1CCN(c2ccc(Br)cc2C=O)CC1. The van der Waals surface area contributed by atoms with Crippen molar-refractivity contribution in [2.24, 2.45) is 5.92 Å². The first-order valence-electron chi connectivity index (χ1n) is 6.37. The van der Waals surface area contributed by atoms with Crippen LogP contribution in [0.2, 0.25) is 0 Å². The highest BCUT2D eigenvalue weighted by molar-refractivity contribution is 9.10. The fourth-order valence-electron chi connectivity index (χ4n) is 2.49. The van der Waals surface area contributed by atoms with Crippen LogP contribution in [-0.4, -0.2) is 32.3 Å². The monoisotopic (exact) mass is 324 g/mol. The lowest BCUT2D eigenvalue weighted by atomic mass is 9.95. The van der Waals surface area contributed by atoms with Gasteiger partial charge in [0, 0.05) is 41.8 Å². The molecule has 1 aromatic carbocycles. The summed E-state index contributed by atoms with van der Waals surface area (Å²) >= 11 is 3.37. The van der Waals surface area contributed by atoms with Crippen molar-refractivity contribution < 1.29 is 9.59 Å². The zero-order valence-electron chi connectivity index (χ0n) is 10.9. The maximum atomic E-state index is 11.6. The molecule has 1 amide bonds. The van der Waals surface area contributed by atoms with Crippen molar-refractivity contribution in [1.29, 1.82) is 0 Å². The summed E-state index contributed by atoms with van der Waals surface area (Å²) in [5.41, 5.74) is 1.64. The number of carbonyl (C=O) groups is 2. The first kappa shape index (κ1) is 14.1. The molecule has 1 N–H and O–H groups in total. The van der Waals surface area contributed by atoms with Crippen molar-refractivity contribution in [1.82, 2.24) is 5.32 Å². The molecule has 0 aliphatic carbocycles. The number of hydrogen-bond acceptors (Lipinski definition) is 3. The Hall–Kier alpha value is -1.36. The van der Waals surface area contributed by atoms with E-state index >= 15 is 0 Å². The van der Waals surface area contributed by atoms with Gasteiger partial charge in [-0.15, -0.1) is 0 Å². The van der Waals surface area contributed by atoms with Crippen LogP contribution in [0.25, 0.3) is 0 Å². The number of aldehydes is 1. The van der Waals surface area contributed by atoms with E-state index in [1.54, 1.807) is 7.05 Å². The van der Waals surface area contributed by atoms with Crippen LogP contribution in [0.5, 0.6) is 0 Å². The molecule has 0 bridgehead atoms. The number of hydrogen-bond donors (Lipinski definition) is 1. The number of amides is 1. The molecule has 0 aromatic heterocycles. The molecular weight excluding hydrogens is 308 g/mol. The summed E-state index contributed by atoms with van der Waals surface area (Å²) in [6.07, 6.45) is 2.53. The number of anilines is 1. The second-order valence-corrected chi connectivity index (χ2v) is 5.61. The zero-order valence-corrected chi connectivity index (χ0v) is 12.4. The van der Waals surface area contributed by atoms with Gasteiger partial charge >= 0.3 is 0 Å². The van der Waals surface area contributed by atoms with Gasteiger partial charge in [-0.1, -0.05) is 15.9 Å². The Bertz CT molecular complexity index is 482. The molecule has 1 aromatic rings. The van der Waals surface area contributed by atoms with Gasteiger partial charge < -0.3 is 10.2 Å². The number of nitrogens with one attached hydrogen (secondary N) is 1. The number of nitrogens with zero attached hydrogens (tertiary/aromatic N) is 1. The molecule has 102 valence electrons. The third-order valence-corrected chi connectivity index (χ3v) is 4.06. The van der Waals surface area contributed by atoms with Crippen LogP contribution in [0, 0.1) is 5.92 Å². The minimum Gasteiger partial charge on any atom is -0.371 e. The summed E-state index contributed by atoms with van der Waals surface area (Å²) in [4.78, 5) is 24.9. The third kappa shape index (κ3) is 3.15. The lowest BCUT2D eigenvalue weighted by Gasteiger charge is -2.33. The molecule has 0 radical (unpaired) electrons. The fraction of sp³-hybridized carbons (Fsp3) is 0.429. The van der Waals surface area contributed by atoms with Crippen LogP contribution >= 0.6 is 15.9 Å². The Kier molecular flexibility index (Phi) is 4.58. The van der Waals surface area contributed by atoms with E-state index in [2.05, 4.69) is 26.1 Å². The number of halogens is 1. The largest absolute Gasteiger partial charge is 0.371 e. The van der Waals surface area contributed by atoms with Crippen LogP contribution in [-0.2, 0) is 4.79 Å². The minimum absolute atomic E-state index is 0.0939. The average Bonchev–Trinajstić information content (AvgIpc) is 2.46. The van der Waals surface area contributed by atoms with Crippen molar-refractivity contribution in [3.63, 3.8) is 0 Å². The molecule has 1 fully saturated rings. The normalized spacial score (nSPS) is 16.2. The first-order chi connectivity index (χ1) is 9.15. The Morgan fingerprint density at radius 1 is 1.42 bits per heavy atom. The first-order valence-corrected chi connectivity index (χ1v) is 7.16. The molecule has 4 nitrogen and oxygen atoms in total. The molecule has 19 heavy (non-hydrogen) atoms. The van der Waals surface area contributed by atoms with Crippen LogP contribution in [0.15, 0.2) is 22.7 Å².